The van der Waals surface area contributed by atoms with E-state index in [0.29, 0.717) is 38.4 Å². The van der Waals surface area contributed by atoms with Gasteiger partial charge < -0.3 is 14.8 Å². The van der Waals surface area contributed by atoms with Crippen molar-refractivity contribution < 1.29 is 18.7 Å². The summed E-state index contributed by atoms with van der Waals surface area (Å²) in [7, 11) is 0. The number of amides is 1. The summed E-state index contributed by atoms with van der Waals surface area (Å²) in [6.07, 6.45) is 0.321. The number of halogens is 1. The Kier molecular flexibility index (Phi) is 7.27. The molecule has 29 heavy (non-hydrogen) atoms. The number of ether oxygens (including phenoxy) is 2. The molecule has 0 spiro atoms. The van der Waals surface area contributed by atoms with Gasteiger partial charge in [0.15, 0.2) is 0 Å². The summed E-state index contributed by atoms with van der Waals surface area (Å²) < 4.78 is 25.8. The monoisotopic (exact) mass is 407 g/mol. The van der Waals surface area contributed by atoms with Crippen molar-refractivity contribution in [2.75, 3.05) is 45.9 Å². The predicted molar refractivity (Wildman–Crippen MR) is 110 cm³/mol. The number of carbonyl (C=O) groups is 1. The smallest absolute Gasteiger partial charge is 0.242 e. The van der Waals surface area contributed by atoms with E-state index in [-0.39, 0.29) is 29.5 Å². The average molecular weight is 408 g/mol. The Morgan fingerprint density at radius 2 is 1.83 bits per heavy atom. The molecule has 0 aliphatic carbocycles. The van der Waals surface area contributed by atoms with Crippen molar-refractivity contribution in [3.63, 3.8) is 0 Å². The molecule has 3 rings (SSSR count). The minimum atomic E-state index is -0.654. The zero-order valence-corrected chi connectivity index (χ0v) is 18.0. The van der Waals surface area contributed by atoms with Gasteiger partial charge in [-0.15, -0.1) is 0 Å². The predicted octanol–water partition coefficient (Wildman–Crippen LogP) is 2.20. The van der Waals surface area contributed by atoms with Crippen LogP contribution in [0.2, 0.25) is 0 Å². The average Bonchev–Trinajstić information content (AvgIpc) is 2.68. The van der Waals surface area contributed by atoms with Crippen LogP contribution in [0.4, 0.5) is 4.39 Å². The van der Waals surface area contributed by atoms with E-state index in [1.165, 1.54) is 6.07 Å². The van der Waals surface area contributed by atoms with E-state index >= 15 is 0 Å². The van der Waals surface area contributed by atoms with Crippen molar-refractivity contribution in [2.24, 2.45) is 0 Å². The Hall–Kier alpha value is -1.54. The van der Waals surface area contributed by atoms with Crippen LogP contribution >= 0.6 is 0 Å². The van der Waals surface area contributed by atoms with Crippen molar-refractivity contribution >= 4 is 5.91 Å². The standard InChI is InChI=1S/C22H34FN3O3/c1-16-13-26(14-17(2)29-16)22(3,4)15-24-21(27)20(25-9-11-28-12-10-25)18-7-5-6-8-19(18)23/h5-8,16-17,20H,9-15H2,1-4H3,(H,24,27). The number of benzene rings is 1. The highest BCUT2D eigenvalue weighted by Crippen LogP contribution is 2.26. The Labute approximate surface area is 173 Å². The maximum absolute atomic E-state index is 14.5. The molecule has 7 heteroatoms. The summed E-state index contributed by atoms with van der Waals surface area (Å²) in [4.78, 5) is 17.6. The van der Waals surface area contributed by atoms with Crippen molar-refractivity contribution in [3.05, 3.63) is 35.6 Å². The highest BCUT2D eigenvalue weighted by Gasteiger charge is 2.36. The van der Waals surface area contributed by atoms with Gasteiger partial charge in [0.25, 0.3) is 0 Å². The normalized spacial score (nSPS) is 25.6. The zero-order chi connectivity index (χ0) is 21.0. The number of rotatable bonds is 6. The van der Waals surface area contributed by atoms with Crippen LogP contribution in [-0.2, 0) is 14.3 Å². The molecule has 0 aromatic heterocycles. The van der Waals surface area contributed by atoms with E-state index in [1.54, 1.807) is 18.2 Å². The molecular weight excluding hydrogens is 373 g/mol. The summed E-state index contributed by atoms with van der Waals surface area (Å²) >= 11 is 0. The van der Waals surface area contributed by atoms with Gasteiger partial charge in [0, 0.05) is 43.8 Å². The molecule has 1 aromatic rings. The molecule has 1 N–H and O–H groups in total. The van der Waals surface area contributed by atoms with Crippen LogP contribution < -0.4 is 5.32 Å². The first-order valence-corrected chi connectivity index (χ1v) is 10.5. The number of morpholine rings is 2. The van der Waals surface area contributed by atoms with Crippen molar-refractivity contribution in [1.29, 1.82) is 0 Å². The van der Waals surface area contributed by atoms with E-state index in [0.717, 1.165) is 13.1 Å². The van der Waals surface area contributed by atoms with Crippen LogP contribution in [0, 0.1) is 5.82 Å². The second kappa shape index (κ2) is 9.51. The lowest BCUT2D eigenvalue weighted by atomic mass is 9.98. The topological polar surface area (TPSA) is 54.0 Å². The van der Waals surface area contributed by atoms with Gasteiger partial charge in [-0.2, -0.15) is 0 Å². The van der Waals surface area contributed by atoms with Gasteiger partial charge in [-0.05, 0) is 33.8 Å². The fourth-order valence-electron chi connectivity index (χ4n) is 4.22. The summed E-state index contributed by atoms with van der Waals surface area (Å²) in [5.41, 5.74) is 0.186. The van der Waals surface area contributed by atoms with Crippen LogP contribution in [0.1, 0.15) is 39.3 Å². The second-order valence-corrected chi connectivity index (χ2v) is 8.76. The lowest BCUT2D eigenvalue weighted by molar-refractivity contribution is -0.130. The van der Waals surface area contributed by atoms with Gasteiger partial charge in [-0.1, -0.05) is 18.2 Å². The zero-order valence-electron chi connectivity index (χ0n) is 18.0. The Morgan fingerprint density at radius 1 is 1.21 bits per heavy atom. The van der Waals surface area contributed by atoms with Crippen molar-refractivity contribution in [3.8, 4) is 0 Å². The van der Waals surface area contributed by atoms with Crippen LogP contribution in [-0.4, -0.2) is 79.4 Å². The molecule has 2 saturated heterocycles. The van der Waals surface area contributed by atoms with Crippen LogP contribution in [0.5, 0.6) is 0 Å². The summed E-state index contributed by atoms with van der Waals surface area (Å²) in [5.74, 6) is -0.520. The van der Waals surface area contributed by atoms with E-state index < -0.39 is 6.04 Å². The van der Waals surface area contributed by atoms with E-state index in [4.69, 9.17) is 9.47 Å². The van der Waals surface area contributed by atoms with E-state index in [9.17, 15) is 9.18 Å². The molecule has 2 aliphatic heterocycles. The first-order valence-electron chi connectivity index (χ1n) is 10.5. The molecule has 2 aliphatic rings. The van der Waals surface area contributed by atoms with Crippen molar-refractivity contribution in [2.45, 2.75) is 51.5 Å². The quantitative estimate of drug-likeness (QED) is 0.784. The highest BCUT2D eigenvalue weighted by atomic mass is 19.1. The van der Waals surface area contributed by atoms with Gasteiger partial charge in [-0.3, -0.25) is 14.6 Å². The fourth-order valence-corrected chi connectivity index (χ4v) is 4.22. The van der Waals surface area contributed by atoms with Gasteiger partial charge in [-0.25, -0.2) is 4.39 Å². The van der Waals surface area contributed by atoms with E-state index in [2.05, 4.69) is 37.9 Å². The lowest BCUT2D eigenvalue weighted by Gasteiger charge is -2.45. The van der Waals surface area contributed by atoms with Crippen LogP contribution in [0.25, 0.3) is 0 Å². The SMILES string of the molecule is CC1CN(C(C)(C)CNC(=O)C(c2ccccc2F)N2CCOCC2)CC(C)O1. The molecule has 3 atom stereocenters. The lowest BCUT2D eigenvalue weighted by Crippen LogP contribution is -2.59. The van der Waals surface area contributed by atoms with Gasteiger partial charge in [0.05, 0.1) is 25.4 Å². The number of hydrogen-bond acceptors (Lipinski definition) is 5. The Balaban J connectivity index is 1.72. The molecule has 2 fully saturated rings. The first-order chi connectivity index (χ1) is 13.8. The summed E-state index contributed by atoms with van der Waals surface area (Å²) in [6, 6.07) is 5.89. The Morgan fingerprint density at radius 3 is 2.45 bits per heavy atom. The van der Waals surface area contributed by atoms with E-state index in [1.807, 2.05) is 4.90 Å². The van der Waals surface area contributed by atoms with Crippen LogP contribution in [0.3, 0.4) is 0 Å². The molecule has 1 amide bonds. The molecule has 0 saturated carbocycles. The van der Waals surface area contributed by atoms with Crippen molar-refractivity contribution in [1.82, 2.24) is 15.1 Å². The highest BCUT2D eigenvalue weighted by molar-refractivity contribution is 5.83. The third kappa shape index (κ3) is 5.54. The molecule has 0 bridgehead atoms. The third-order valence-corrected chi connectivity index (χ3v) is 5.83. The number of nitrogens with zero attached hydrogens (tertiary/aromatic N) is 2. The molecule has 162 valence electrons. The molecule has 3 unspecified atom stereocenters. The minimum Gasteiger partial charge on any atom is -0.379 e. The maximum atomic E-state index is 14.5. The largest absolute Gasteiger partial charge is 0.379 e. The van der Waals surface area contributed by atoms with Crippen LogP contribution in [0.15, 0.2) is 24.3 Å². The third-order valence-electron chi connectivity index (χ3n) is 5.83. The maximum Gasteiger partial charge on any atom is 0.242 e. The molecule has 6 nitrogen and oxygen atoms in total. The fraction of sp³-hybridized carbons (Fsp3) is 0.682. The summed E-state index contributed by atoms with van der Waals surface area (Å²) in [6.45, 7) is 12.9. The van der Waals surface area contributed by atoms with Gasteiger partial charge in [0.1, 0.15) is 11.9 Å². The molecule has 1 aromatic carbocycles. The Bertz CT molecular complexity index is 684. The summed E-state index contributed by atoms with van der Waals surface area (Å²) in [5, 5.41) is 3.10. The number of nitrogens with one attached hydrogen (secondary N) is 1. The first kappa shape index (κ1) is 22.2. The molecule has 0 radical (unpaired) electrons. The second-order valence-electron chi connectivity index (χ2n) is 8.76. The van der Waals surface area contributed by atoms with Gasteiger partial charge in [0.2, 0.25) is 5.91 Å². The minimum absolute atomic E-state index is 0.160. The van der Waals surface area contributed by atoms with Gasteiger partial charge >= 0.3 is 0 Å². The molecular formula is C22H34FN3O3. The number of carbonyl (C=O) groups excluding carboxylic acids is 1. The number of hydrogen-bond donors (Lipinski definition) is 1. The molecule has 2 heterocycles.